The number of nitrogen functional groups attached to an aromatic ring is 1. The number of fused-ring (bicyclic) bond motifs is 1. The third-order valence-corrected chi connectivity index (χ3v) is 1.92. The number of nitrogens with two attached hydrogens (primary N) is 1. The highest BCUT2D eigenvalue weighted by molar-refractivity contribution is 9.10. The molecule has 0 aromatic carbocycles. The molecule has 4 nitrogen and oxygen atoms in total. The Kier molecular flexibility index (Phi) is 1.32. The average Bonchev–Trinajstić information content (AvgIpc) is 2.33. The van der Waals surface area contributed by atoms with E-state index in [1.54, 1.807) is 16.7 Å². The molecular formula is C6H5BrN4. The Hall–Kier alpha value is -1.10. The highest BCUT2D eigenvalue weighted by Crippen LogP contribution is 2.11. The van der Waals surface area contributed by atoms with Crippen molar-refractivity contribution >= 4 is 27.3 Å². The second kappa shape index (κ2) is 2.20. The molecule has 0 aliphatic rings. The monoisotopic (exact) mass is 212 g/mol. The van der Waals surface area contributed by atoms with Crippen LogP contribution >= 0.6 is 15.9 Å². The van der Waals surface area contributed by atoms with E-state index >= 15 is 0 Å². The lowest BCUT2D eigenvalue weighted by atomic mass is 10.4. The van der Waals surface area contributed by atoms with Crippen LogP contribution in [0.25, 0.3) is 5.65 Å². The maximum Gasteiger partial charge on any atom is 0.204 e. The van der Waals surface area contributed by atoms with Crippen molar-refractivity contribution in [2.75, 3.05) is 5.73 Å². The van der Waals surface area contributed by atoms with Crippen LogP contribution < -0.4 is 5.73 Å². The van der Waals surface area contributed by atoms with Gasteiger partial charge in [0.1, 0.15) is 0 Å². The van der Waals surface area contributed by atoms with Crippen molar-refractivity contribution in [3.63, 3.8) is 0 Å². The van der Waals surface area contributed by atoms with Crippen molar-refractivity contribution in [1.29, 1.82) is 0 Å². The normalized spacial score (nSPS) is 10.6. The van der Waals surface area contributed by atoms with E-state index in [0.717, 1.165) is 5.65 Å². The minimum atomic E-state index is 0.666. The molecule has 2 aromatic rings. The fraction of sp³-hybridized carbons (Fsp3) is 0. The fourth-order valence-electron chi connectivity index (χ4n) is 0.879. The van der Waals surface area contributed by atoms with Gasteiger partial charge >= 0.3 is 0 Å². The van der Waals surface area contributed by atoms with Crippen LogP contribution in [-0.2, 0) is 0 Å². The van der Waals surface area contributed by atoms with Crippen LogP contribution in [0.15, 0.2) is 23.1 Å². The quantitative estimate of drug-likeness (QED) is 0.712. The highest BCUT2D eigenvalue weighted by Gasteiger charge is 1.99. The van der Waals surface area contributed by atoms with E-state index < -0.39 is 0 Å². The van der Waals surface area contributed by atoms with E-state index in [1.807, 2.05) is 6.07 Å². The molecule has 11 heavy (non-hydrogen) atoms. The third-order valence-electron chi connectivity index (χ3n) is 1.38. The van der Waals surface area contributed by atoms with Gasteiger partial charge < -0.3 is 5.73 Å². The van der Waals surface area contributed by atoms with E-state index in [0.29, 0.717) is 10.4 Å². The van der Waals surface area contributed by atoms with Gasteiger partial charge in [0.15, 0.2) is 5.65 Å². The first-order valence-corrected chi connectivity index (χ1v) is 3.82. The highest BCUT2D eigenvalue weighted by atomic mass is 79.9. The Morgan fingerprint density at radius 3 is 3.00 bits per heavy atom. The van der Waals surface area contributed by atoms with Gasteiger partial charge in [-0.25, -0.2) is 0 Å². The predicted octanol–water partition coefficient (Wildman–Crippen LogP) is 1.07. The van der Waals surface area contributed by atoms with Crippen molar-refractivity contribution < 1.29 is 0 Å². The first-order valence-electron chi connectivity index (χ1n) is 3.03. The van der Waals surface area contributed by atoms with Crippen LogP contribution in [0.4, 0.5) is 5.69 Å². The summed E-state index contributed by atoms with van der Waals surface area (Å²) in [5.74, 6) is 0. The van der Waals surface area contributed by atoms with Crippen LogP contribution in [0.2, 0.25) is 0 Å². The topological polar surface area (TPSA) is 56.2 Å². The Morgan fingerprint density at radius 1 is 1.36 bits per heavy atom. The standard InChI is InChI=1S/C6H5BrN4/c7-6-10-9-5-2-1-4(8)3-11(5)6/h1-3H,8H2. The predicted molar refractivity (Wildman–Crippen MR) is 45.1 cm³/mol. The number of aromatic nitrogens is 3. The van der Waals surface area contributed by atoms with Gasteiger partial charge in [0, 0.05) is 11.9 Å². The molecule has 56 valence electrons. The fourth-order valence-corrected chi connectivity index (χ4v) is 1.24. The van der Waals surface area contributed by atoms with Crippen molar-refractivity contribution in [2.45, 2.75) is 0 Å². The second-order valence-electron chi connectivity index (χ2n) is 2.16. The molecule has 0 fully saturated rings. The number of halogens is 1. The molecule has 0 aliphatic carbocycles. The summed E-state index contributed by atoms with van der Waals surface area (Å²) in [5, 5.41) is 7.68. The summed E-state index contributed by atoms with van der Waals surface area (Å²) < 4.78 is 2.44. The molecule has 0 bridgehead atoms. The van der Waals surface area contributed by atoms with Crippen molar-refractivity contribution in [3.05, 3.63) is 23.1 Å². The first-order chi connectivity index (χ1) is 5.27. The van der Waals surface area contributed by atoms with Crippen LogP contribution in [0.5, 0.6) is 0 Å². The zero-order valence-corrected chi connectivity index (χ0v) is 7.12. The molecule has 0 radical (unpaired) electrons. The number of rotatable bonds is 0. The lowest BCUT2D eigenvalue weighted by Crippen LogP contribution is -1.89. The maximum atomic E-state index is 5.55. The minimum Gasteiger partial charge on any atom is -0.398 e. The van der Waals surface area contributed by atoms with Crippen LogP contribution in [0.3, 0.4) is 0 Å². The molecule has 0 atom stereocenters. The van der Waals surface area contributed by atoms with Crippen LogP contribution in [-0.4, -0.2) is 14.6 Å². The van der Waals surface area contributed by atoms with Crippen molar-refractivity contribution in [2.24, 2.45) is 0 Å². The summed E-state index contributed by atoms with van der Waals surface area (Å²) in [4.78, 5) is 0. The smallest absolute Gasteiger partial charge is 0.204 e. The Balaban J connectivity index is 2.87. The van der Waals surface area contributed by atoms with Crippen molar-refractivity contribution in [1.82, 2.24) is 14.6 Å². The first kappa shape index (κ1) is 6.60. The number of hydrogen-bond donors (Lipinski definition) is 1. The van der Waals surface area contributed by atoms with Gasteiger partial charge in [-0.05, 0) is 28.1 Å². The Bertz CT molecular complexity index is 394. The minimum absolute atomic E-state index is 0.666. The molecule has 0 saturated heterocycles. The number of pyridine rings is 1. The zero-order chi connectivity index (χ0) is 7.84. The van der Waals surface area contributed by atoms with E-state index in [2.05, 4.69) is 26.1 Å². The summed E-state index contributed by atoms with van der Waals surface area (Å²) in [6.07, 6.45) is 1.76. The van der Waals surface area contributed by atoms with Crippen LogP contribution in [0, 0.1) is 0 Å². The molecular weight excluding hydrogens is 208 g/mol. The lowest BCUT2D eigenvalue weighted by Gasteiger charge is -1.93. The van der Waals surface area contributed by atoms with Crippen molar-refractivity contribution in [3.8, 4) is 0 Å². The second-order valence-corrected chi connectivity index (χ2v) is 2.87. The Labute approximate surface area is 71.2 Å². The Morgan fingerprint density at radius 2 is 2.18 bits per heavy atom. The zero-order valence-electron chi connectivity index (χ0n) is 5.53. The molecule has 0 unspecified atom stereocenters. The number of nitrogens with zero attached hydrogens (tertiary/aromatic N) is 3. The molecule has 0 spiro atoms. The average molecular weight is 213 g/mol. The third kappa shape index (κ3) is 0.970. The molecule has 0 amide bonds. The molecule has 0 aliphatic heterocycles. The van der Waals surface area contributed by atoms with Gasteiger partial charge in [-0.1, -0.05) is 0 Å². The van der Waals surface area contributed by atoms with E-state index in [-0.39, 0.29) is 0 Å². The maximum absolute atomic E-state index is 5.55. The number of anilines is 1. The summed E-state index contributed by atoms with van der Waals surface area (Å²) in [7, 11) is 0. The molecule has 2 heterocycles. The molecule has 5 heteroatoms. The molecule has 0 saturated carbocycles. The molecule has 2 N–H and O–H groups in total. The largest absolute Gasteiger partial charge is 0.398 e. The number of hydrogen-bond acceptors (Lipinski definition) is 3. The summed E-state index contributed by atoms with van der Waals surface area (Å²) >= 11 is 3.23. The van der Waals surface area contributed by atoms with Gasteiger partial charge in [-0.2, -0.15) is 0 Å². The molecule has 2 aromatic heterocycles. The van der Waals surface area contributed by atoms with E-state index in [4.69, 9.17) is 5.73 Å². The van der Waals surface area contributed by atoms with Gasteiger partial charge in [-0.15, -0.1) is 10.2 Å². The lowest BCUT2D eigenvalue weighted by molar-refractivity contribution is 1.06. The van der Waals surface area contributed by atoms with Gasteiger partial charge in [0.25, 0.3) is 0 Å². The van der Waals surface area contributed by atoms with Gasteiger partial charge in [0.2, 0.25) is 4.73 Å². The summed E-state index contributed by atoms with van der Waals surface area (Å²) in [6, 6.07) is 3.60. The van der Waals surface area contributed by atoms with Gasteiger partial charge in [-0.3, -0.25) is 4.40 Å². The van der Waals surface area contributed by atoms with Crippen LogP contribution in [0.1, 0.15) is 0 Å². The van der Waals surface area contributed by atoms with E-state index in [1.165, 1.54) is 0 Å². The summed E-state index contributed by atoms with van der Waals surface area (Å²) in [5.41, 5.74) is 7.03. The van der Waals surface area contributed by atoms with Gasteiger partial charge in [0.05, 0.1) is 0 Å². The molecule has 2 rings (SSSR count). The SMILES string of the molecule is Nc1ccc2nnc(Br)n2c1. The van der Waals surface area contributed by atoms with E-state index in [9.17, 15) is 0 Å². The summed E-state index contributed by atoms with van der Waals surface area (Å²) in [6.45, 7) is 0.